The minimum atomic E-state index is 0.439. The molecule has 0 unspecified atom stereocenters. The third kappa shape index (κ3) is 2.57. The van der Waals surface area contributed by atoms with Crippen molar-refractivity contribution < 1.29 is 0 Å². The average Bonchev–Trinajstić information content (AvgIpc) is 3.03. The molecule has 0 radical (unpaired) electrons. The van der Waals surface area contributed by atoms with Crippen molar-refractivity contribution in [2.24, 2.45) is 5.92 Å². The van der Waals surface area contributed by atoms with Crippen LogP contribution in [0.4, 0.5) is 11.5 Å². The van der Waals surface area contributed by atoms with Crippen molar-refractivity contribution in [3.8, 4) is 11.1 Å². The molecule has 0 atom stereocenters. The van der Waals surface area contributed by atoms with E-state index in [1.54, 1.807) is 4.52 Å². The second-order valence-electron chi connectivity index (χ2n) is 6.36. The largest absolute Gasteiger partial charge is 0.399 e. The number of benzene rings is 1. The van der Waals surface area contributed by atoms with Gasteiger partial charge in [-0.3, -0.25) is 0 Å². The van der Waals surface area contributed by atoms with Gasteiger partial charge in [0.15, 0.2) is 0 Å². The molecule has 0 saturated carbocycles. The van der Waals surface area contributed by atoms with Crippen molar-refractivity contribution in [1.29, 1.82) is 0 Å². The third-order valence-corrected chi connectivity index (χ3v) is 4.91. The van der Waals surface area contributed by atoms with Crippen LogP contribution in [0.1, 0.15) is 19.8 Å². The summed E-state index contributed by atoms with van der Waals surface area (Å²) < 4.78 is 1.79. The predicted octanol–water partition coefficient (Wildman–Crippen LogP) is 3.26. The fraction of sp³-hybridized carbons (Fsp3) is 0.353. The summed E-state index contributed by atoms with van der Waals surface area (Å²) in [6.07, 6.45) is 3.82. The van der Waals surface area contributed by atoms with E-state index in [0.717, 1.165) is 54.5 Å². The number of aromatic nitrogens is 4. The van der Waals surface area contributed by atoms with Crippen molar-refractivity contribution in [3.05, 3.63) is 35.7 Å². The molecule has 0 aliphatic carbocycles. The number of hydrogen-bond acceptors (Lipinski definition) is 5. The van der Waals surface area contributed by atoms with Crippen molar-refractivity contribution >= 4 is 28.9 Å². The van der Waals surface area contributed by atoms with Gasteiger partial charge in [0.2, 0.25) is 0 Å². The lowest BCUT2D eigenvalue weighted by Crippen LogP contribution is -2.34. The summed E-state index contributed by atoms with van der Waals surface area (Å²) in [5.41, 5.74) is 8.41. The van der Waals surface area contributed by atoms with Crippen LogP contribution in [0.15, 0.2) is 30.6 Å². The van der Waals surface area contributed by atoms with E-state index >= 15 is 0 Å². The molecule has 3 heterocycles. The second-order valence-corrected chi connectivity index (χ2v) is 6.72. The standard InChI is InChI=1S/C17H19ClN6/c1-11-6-8-23(9-7-11)16-14(12-2-4-13(19)5-3-12)15(18)22-17-20-10-21-24(16)17/h2-5,10-11H,6-9,19H2,1H3. The van der Waals surface area contributed by atoms with Gasteiger partial charge >= 0.3 is 0 Å². The van der Waals surface area contributed by atoms with E-state index in [1.165, 1.54) is 6.33 Å². The lowest BCUT2D eigenvalue weighted by Gasteiger charge is -2.33. The Morgan fingerprint density at radius 3 is 2.58 bits per heavy atom. The van der Waals surface area contributed by atoms with Crippen molar-refractivity contribution in [1.82, 2.24) is 19.6 Å². The van der Waals surface area contributed by atoms with Gasteiger partial charge in [-0.15, -0.1) is 0 Å². The molecule has 4 rings (SSSR count). The van der Waals surface area contributed by atoms with Crippen molar-refractivity contribution in [2.75, 3.05) is 23.7 Å². The summed E-state index contributed by atoms with van der Waals surface area (Å²) in [4.78, 5) is 10.9. The fourth-order valence-corrected chi connectivity index (χ4v) is 3.48. The molecule has 0 spiro atoms. The van der Waals surface area contributed by atoms with E-state index in [-0.39, 0.29) is 0 Å². The van der Waals surface area contributed by atoms with Gasteiger partial charge in [-0.25, -0.2) is 0 Å². The first-order valence-corrected chi connectivity index (χ1v) is 8.51. The first kappa shape index (κ1) is 15.2. The molecule has 7 heteroatoms. The van der Waals surface area contributed by atoms with Gasteiger partial charge in [-0.05, 0) is 36.5 Å². The summed E-state index contributed by atoms with van der Waals surface area (Å²) in [5, 5.41) is 4.81. The van der Waals surface area contributed by atoms with Gasteiger partial charge in [-0.2, -0.15) is 19.6 Å². The molecule has 2 N–H and O–H groups in total. The van der Waals surface area contributed by atoms with E-state index in [2.05, 4.69) is 26.9 Å². The quantitative estimate of drug-likeness (QED) is 0.571. The zero-order valence-corrected chi connectivity index (χ0v) is 14.2. The molecule has 1 fully saturated rings. The summed E-state index contributed by atoms with van der Waals surface area (Å²) >= 11 is 6.54. The lowest BCUT2D eigenvalue weighted by molar-refractivity contribution is 0.435. The fourth-order valence-electron chi connectivity index (χ4n) is 3.21. The smallest absolute Gasteiger partial charge is 0.255 e. The number of fused-ring (bicyclic) bond motifs is 1. The van der Waals surface area contributed by atoms with Crippen LogP contribution in [-0.2, 0) is 0 Å². The zero-order valence-electron chi connectivity index (χ0n) is 13.5. The molecule has 6 nitrogen and oxygen atoms in total. The monoisotopic (exact) mass is 342 g/mol. The Morgan fingerprint density at radius 1 is 1.17 bits per heavy atom. The molecule has 3 aromatic rings. The summed E-state index contributed by atoms with van der Waals surface area (Å²) in [5.74, 6) is 2.22. The number of piperidine rings is 1. The van der Waals surface area contributed by atoms with Gasteiger partial charge in [-0.1, -0.05) is 30.7 Å². The van der Waals surface area contributed by atoms with Crippen LogP contribution in [-0.4, -0.2) is 32.7 Å². The molecule has 1 aliphatic rings. The SMILES string of the molecule is CC1CCN(c2c(-c3ccc(N)cc3)c(Cl)nc3ncnn23)CC1. The molecule has 1 aromatic carbocycles. The Kier molecular flexibility index (Phi) is 3.76. The number of nitrogens with zero attached hydrogens (tertiary/aromatic N) is 5. The lowest BCUT2D eigenvalue weighted by atomic mass is 9.98. The number of nitrogen functional groups attached to an aromatic ring is 1. The number of rotatable bonds is 2. The highest BCUT2D eigenvalue weighted by Gasteiger charge is 2.25. The Bertz CT molecular complexity index is 865. The third-order valence-electron chi connectivity index (χ3n) is 4.64. The first-order valence-electron chi connectivity index (χ1n) is 8.13. The molecule has 0 amide bonds. The van der Waals surface area contributed by atoms with Gasteiger partial charge < -0.3 is 10.6 Å². The van der Waals surface area contributed by atoms with Crippen LogP contribution in [0.3, 0.4) is 0 Å². The molecular weight excluding hydrogens is 324 g/mol. The number of anilines is 2. The van der Waals surface area contributed by atoms with E-state index in [1.807, 2.05) is 24.3 Å². The van der Waals surface area contributed by atoms with E-state index in [9.17, 15) is 0 Å². The molecular formula is C17H19ClN6. The van der Waals surface area contributed by atoms with Crippen LogP contribution < -0.4 is 10.6 Å². The van der Waals surface area contributed by atoms with Crippen LogP contribution in [0.2, 0.25) is 5.15 Å². The average molecular weight is 343 g/mol. The van der Waals surface area contributed by atoms with Crippen LogP contribution >= 0.6 is 11.6 Å². The van der Waals surface area contributed by atoms with Crippen LogP contribution in [0, 0.1) is 5.92 Å². The minimum Gasteiger partial charge on any atom is -0.399 e. The van der Waals surface area contributed by atoms with Gasteiger partial charge in [0.05, 0.1) is 5.56 Å². The van der Waals surface area contributed by atoms with Crippen LogP contribution in [0.25, 0.3) is 16.9 Å². The Morgan fingerprint density at radius 2 is 1.88 bits per heavy atom. The minimum absolute atomic E-state index is 0.439. The highest BCUT2D eigenvalue weighted by Crippen LogP contribution is 2.37. The van der Waals surface area contributed by atoms with Crippen molar-refractivity contribution in [2.45, 2.75) is 19.8 Å². The van der Waals surface area contributed by atoms with Crippen LogP contribution in [0.5, 0.6) is 0 Å². The van der Waals surface area contributed by atoms with Gasteiger partial charge in [0, 0.05) is 18.8 Å². The highest BCUT2D eigenvalue weighted by atomic mass is 35.5. The Balaban J connectivity index is 1.92. The molecule has 1 aliphatic heterocycles. The number of hydrogen-bond donors (Lipinski definition) is 1. The van der Waals surface area contributed by atoms with Gasteiger partial charge in [0.1, 0.15) is 17.3 Å². The maximum Gasteiger partial charge on any atom is 0.255 e. The second kappa shape index (κ2) is 5.94. The summed E-state index contributed by atoms with van der Waals surface area (Å²) in [6.45, 7) is 4.24. The maximum absolute atomic E-state index is 6.54. The van der Waals surface area contributed by atoms with E-state index in [0.29, 0.717) is 10.9 Å². The molecule has 2 aromatic heterocycles. The van der Waals surface area contributed by atoms with E-state index < -0.39 is 0 Å². The zero-order chi connectivity index (χ0) is 16.7. The van der Waals surface area contributed by atoms with E-state index in [4.69, 9.17) is 17.3 Å². The number of nitrogens with two attached hydrogens (primary N) is 1. The Labute approximate surface area is 145 Å². The molecule has 24 heavy (non-hydrogen) atoms. The number of halogens is 1. The maximum atomic E-state index is 6.54. The summed E-state index contributed by atoms with van der Waals surface area (Å²) in [7, 11) is 0. The molecule has 0 bridgehead atoms. The topological polar surface area (TPSA) is 72.3 Å². The highest BCUT2D eigenvalue weighted by molar-refractivity contribution is 6.33. The van der Waals surface area contributed by atoms with Gasteiger partial charge in [0.25, 0.3) is 5.78 Å². The molecule has 124 valence electrons. The molecule has 1 saturated heterocycles. The summed E-state index contributed by atoms with van der Waals surface area (Å²) in [6, 6.07) is 7.69. The van der Waals surface area contributed by atoms with Crippen molar-refractivity contribution in [3.63, 3.8) is 0 Å². The Hall–Kier alpha value is -2.34. The first-order chi connectivity index (χ1) is 11.6. The normalized spacial score (nSPS) is 16.0. The predicted molar refractivity (Wildman–Crippen MR) is 96.3 cm³/mol.